The Kier molecular flexibility index (Phi) is 4.87. The number of methoxy groups -OCH3 is 1. The average molecular weight is 285 g/mol. The van der Waals surface area contributed by atoms with Crippen LogP contribution in [0.15, 0.2) is 35.5 Å². The van der Waals surface area contributed by atoms with Crippen molar-refractivity contribution < 1.29 is 9.53 Å². The Morgan fingerprint density at radius 1 is 1.52 bits per heavy atom. The van der Waals surface area contributed by atoms with E-state index < -0.39 is 0 Å². The summed E-state index contributed by atoms with van der Waals surface area (Å²) in [5, 5.41) is 4.32. The number of anilines is 1. The zero-order valence-electron chi connectivity index (χ0n) is 12.5. The molecule has 0 saturated heterocycles. The Morgan fingerprint density at radius 2 is 2.33 bits per heavy atom. The number of pyridine rings is 1. The molecule has 0 aliphatic rings. The van der Waals surface area contributed by atoms with Gasteiger partial charge in [0.25, 0.3) is 0 Å². The molecule has 21 heavy (non-hydrogen) atoms. The number of nitrogens with zero attached hydrogens (tertiary/aromatic N) is 2. The highest BCUT2D eigenvalue weighted by Gasteiger charge is 2.11. The average Bonchev–Trinajstić information content (AvgIpc) is 2.47. The first-order chi connectivity index (χ1) is 10.1. The second-order valence-electron chi connectivity index (χ2n) is 4.85. The minimum Gasteiger partial charge on any atom is -0.497 e. The third-order valence-electron chi connectivity index (χ3n) is 3.10. The van der Waals surface area contributed by atoms with Crippen LogP contribution in [0.25, 0.3) is 10.9 Å². The summed E-state index contributed by atoms with van der Waals surface area (Å²) in [4.78, 5) is 19.7. The Labute approximate surface area is 124 Å². The predicted molar refractivity (Wildman–Crippen MR) is 85.4 cm³/mol. The topological polar surface area (TPSA) is 63.6 Å². The molecular formula is C16H19N3O2. The molecule has 2 rings (SSSR count). The van der Waals surface area contributed by atoms with Crippen LogP contribution in [-0.2, 0) is 4.79 Å². The fourth-order valence-electron chi connectivity index (χ4n) is 2.21. The quantitative estimate of drug-likeness (QED) is 0.829. The monoisotopic (exact) mass is 285 g/mol. The number of Topliss-reactive ketones (excluding diaryl/α,β-unsaturated/α-hetero) is 1. The van der Waals surface area contributed by atoms with Gasteiger partial charge in [0.15, 0.2) is 5.78 Å². The number of hydrogen-bond acceptors (Lipinski definition) is 5. The molecule has 0 aliphatic heterocycles. The number of nitrogens with one attached hydrogen (secondary N) is 1. The van der Waals surface area contributed by atoms with Crippen molar-refractivity contribution in [2.24, 2.45) is 4.99 Å². The lowest BCUT2D eigenvalue weighted by atomic mass is 10.1. The van der Waals surface area contributed by atoms with E-state index in [1.165, 1.54) is 6.21 Å². The lowest BCUT2D eigenvalue weighted by Crippen LogP contribution is -2.20. The van der Waals surface area contributed by atoms with Gasteiger partial charge >= 0.3 is 0 Å². The maximum Gasteiger partial charge on any atom is 0.175 e. The molecule has 1 N–H and O–H groups in total. The standard InChI is InChI=1S/C16H19N3O2/c1-11(7-13(20)10-17-2)19-15-9-14(21-3)8-12-5-4-6-18-16(12)15/h4-6,8-11,19H,7H2,1-3H3. The number of rotatable bonds is 6. The molecule has 0 radical (unpaired) electrons. The summed E-state index contributed by atoms with van der Waals surface area (Å²) >= 11 is 0. The van der Waals surface area contributed by atoms with Crippen molar-refractivity contribution in [1.82, 2.24) is 4.98 Å². The largest absolute Gasteiger partial charge is 0.497 e. The number of carbonyl (C=O) groups is 1. The SMILES string of the molecule is CN=CC(=O)CC(C)Nc1cc(OC)cc2cccnc12. The lowest BCUT2D eigenvalue weighted by Gasteiger charge is -2.16. The van der Waals surface area contributed by atoms with Crippen molar-refractivity contribution in [2.75, 3.05) is 19.5 Å². The molecular weight excluding hydrogens is 266 g/mol. The van der Waals surface area contributed by atoms with Crippen LogP contribution in [-0.4, -0.2) is 37.2 Å². The van der Waals surface area contributed by atoms with E-state index in [1.54, 1.807) is 20.4 Å². The molecule has 0 amide bonds. The van der Waals surface area contributed by atoms with Crippen LogP contribution in [0.1, 0.15) is 13.3 Å². The summed E-state index contributed by atoms with van der Waals surface area (Å²) in [6.07, 6.45) is 3.47. The van der Waals surface area contributed by atoms with Crippen molar-refractivity contribution in [2.45, 2.75) is 19.4 Å². The molecule has 1 heterocycles. The van der Waals surface area contributed by atoms with Gasteiger partial charge in [-0.25, -0.2) is 0 Å². The van der Waals surface area contributed by atoms with Crippen molar-refractivity contribution in [3.63, 3.8) is 0 Å². The minimum absolute atomic E-state index is 0.00217. The van der Waals surface area contributed by atoms with Gasteiger partial charge in [0.2, 0.25) is 0 Å². The van der Waals surface area contributed by atoms with E-state index >= 15 is 0 Å². The fraction of sp³-hybridized carbons (Fsp3) is 0.312. The number of hydrogen-bond donors (Lipinski definition) is 1. The first-order valence-electron chi connectivity index (χ1n) is 6.78. The zero-order valence-corrected chi connectivity index (χ0v) is 12.5. The molecule has 5 heteroatoms. The third-order valence-corrected chi connectivity index (χ3v) is 3.10. The number of aromatic nitrogens is 1. The van der Waals surface area contributed by atoms with E-state index in [0.29, 0.717) is 6.42 Å². The molecule has 1 aromatic heterocycles. The molecule has 0 spiro atoms. The van der Waals surface area contributed by atoms with Gasteiger partial charge < -0.3 is 10.1 Å². The summed E-state index contributed by atoms with van der Waals surface area (Å²) < 4.78 is 5.31. The van der Waals surface area contributed by atoms with Gasteiger partial charge in [0.05, 0.1) is 24.5 Å². The van der Waals surface area contributed by atoms with Gasteiger partial charge in [-0.15, -0.1) is 0 Å². The van der Waals surface area contributed by atoms with Gasteiger partial charge in [0, 0.05) is 37.2 Å². The van der Waals surface area contributed by atoms with E-state index in [1.807, 2.05) is 31.2 Å². The molecule has 0 aliphatic carbocycles. The van der Waals surface area contributed by atoms with Crippen LogP contribution in [0.2, 0.25) is 0 Å². The highest BCUT2D eigenvalue weighted by atomic mass is 16.5. The number of aliphatic imine (C=N–C) groups is 1. The van der Waals surface area contributed by atoms with Gasteiger partial charge in [0.1, 0.15) is 5.75 Å². The van der Waals surface area contributed by atoms with Crippen molar-refractivity contribution in [3.05, 3.63) is 30.5 Å². The normalized spacial score (nSPS) is 12.5. The van der Waals surface area contributed by atoms with E-state index in [0.717, 1.165) is 22.3 Å². The lowest BCUT2D eigenvalue weighted by molar-refractivity contribution is -0.112. The van der Waals surface area contributed by atoms with Crippen LogP contribution in [0, 0.1) is 0 Å². The maximum absolute atomic E-state index is 11.6. The summed E-state index contributed by atoms with van der Waals surface area (Å²) in [5.74, 6) is 0.754. The number of fused-ring (bicyclic) bond motifs is 1. The summed E-state index contributed by atoms with van der Waals surface area (Å²) in [6.45, 7) is 1.95. The van der Waals surface area contributed by atoms with Crippen LogP contribution >= 0.6 is 0 Å². The number of benzene rings is 1. The number of carbonyl (C=O) groups excluding carboxylic acids is 1. The molecule has 1 atom stereocenters. The first-order valence-corrected chi connectivity index (χ1v) is 6.78. The first kappa shape index (κ1) is 15.0. The Morgan fingerprint density at radius 3 is 3.05 bits per heavy atom. The molecule has 0 saturated carbocycles. The van der Waals surface area contributed by atoms with Crippen LogP contribution in [0.3, 0.4) is 0 Å². The second kappa shape index (κ2) is 6.83. The van der Waals surface area contributed by atoms with Gasteiger partial charge in [-0.3, -0.25) is 14.8 Å². The minimum atomic E-state index is -0.0205. The number of ketones is 1. The van der Waals surface area contributed by atoms with Gasteiger partial charge in [-0.1, -0.05) is 6.07 Å². The number of ether oxygens (including phenoxy) is 1. The van der Waals surface area contributed by atoms with Crippen LogP contribution < -0.4 is 10.1 Å². The maximum atomic E-state index is 11.6. The van der Waals surface area contributed by atoms with Crippen molar-refractivity contribution in [3.8, 4) is 5.75 Å². The summed E-state index contributed by atoms with van der Waals surface area (Å²) in [5.41, 5.74) is 1.72. The molecule has 110 valence electrons. The molecule has 1 aromatic carbocycles. The Bertz CT molecular complexity index is 668. The highest BCUT2D eigenvalue weighted by molar-refractivity contribution is 6.27. The molecule has 0 bridgehead atoms. The van der Waals surface area contributed by atoms with E-state index in [-0.39, 0.29) is 11.8 Å². The van der Waals surface area contributed by atoms with Crippen molar-refractivity contribution in [1.29, 1.82) is 0 Å². The van der Waals surface area contributed by atoms with Gasteiger partial charge in [-0.05, 0) is 19.1 Å². The highest BCUT2D eigenvalue weighted by Crippen LogP contribution is 2.28. The zero-order chi connectivity index (χ0) is 15.2. The molecule has 1 unspecified atom stereocenters. The smallest absolute Gasteiger partial charge is 0.175 e. The molecule has 0 fully saturated rings. The fourth-order valence-corrected chi connectivity index (χ4v) is 2.21. The predicted octanol–water partition coefficient (Wildman–Crippen LogP) is 2.70. The van der Waals surface area contributed by atoms with Crippen LogP contribution in [0.4, 0.5) is 5.69 Å². The van der Waals surface area contributed by atoms with E-state index in [9.17, 15) is 4.79 Å². The molecule has 5 nitrogen and oxygen atoms in total. The Balaban J connectivity index is 2.26. The second-order valence-corrected chi connectivity index (χ2v) is 4.85. The van der Waals surface area contributed by atoms with E-state index in [2.05, 4.69) is 15.3 Å². The van der Waals surface area contributed by atoms with E-state index in [4.69, 9.17) is 4.74 Å². The van der Waals surface area contributed by atoms with Crippen LogP contribution in [0.5, 0.6) is 5.75 Å². The molecule has 2 aromatic rings. The third kappa shape index (κ3) is 3.78. The Hall–Kier alpha value is -2.43. The summed E-state index contributed by atoms with van der Waals surface area (Å²) in [6, 6.07) is 7.68. The van der Waals surface area contributed by atoms with Gasteiger partial charge in [-0.2, -0.15) is 0 Å². The summed E-state index contributed by atoms with van der Waals surface area (Å²) in [7, 11) is 3.22. The van der Waals surface area contributed by atoms with Crippen molar-refractivity contribution >= 4 is 28.6 Å².